The van der Waals surface area contributed by atoms with Gasteiger partial charge in [0, 0.05) is 6.42 Å². The molecule has 0 bridgehead atoms. The minimum Gasteiger partial charge on any atom is -0.298 e. The molecule has 0 aliphatic heterocycles. The Balaban J connectivity index is 2.73. The molecule has 0 spiro atoms. The van der Waals surface area contributed by atoms with Crippen molar-refractivity contribution < 1.29 is 13.2 Å². The molecule has 0 atom stereocenters. The zero-order valence-electron chi connectivity index (χ0n) is 8.43. The van der Waals surface area contributed by atoms with Gasteiger partial charge < -0.3 is 0 Å². The van der Waals surface area contributed by atoms with Crippen LogP contribution in [0.1, 0.15) is 13.3 Å². The SMILES string of the molecule is CCC(=O)CNS(=O)(=O)c1ccccc1. The van der Waals surface area contributed by atoms with Gasteiger partial charge in [-0.3, -0.25) is 4.79 Å². The van der Waals surface area contributed by atoms with Crippen LogP contribution in [0.15, 0.2) is 35.2 Å². The van der Waals surface area contributed by atoms with Crippen LogP contribution in [0.5, 0.6) is 0 Å². The molecule has 1 N–H and O–H groups in total. The van der Waals surface area contributed by atoms with Gasteiger partial charge in [-0.25, -0.2) is 13.1 Å². The van der Waals surface area contributed by atoms with Crippen molar-refractivity contribution in [3.63, 3.8) is 0 Å². The Morgan fingerprint density at radius 3 is 2.40 bits per heavy atom. The first-order chi connectivity index (χ1) is 7.06. The number of hydrogen-bond acceptors (Lipinski definition) is 3. The molecular weight excluding hydrogens is 214 g/mol. The number of benzene rings is 1. The number of Topliss-reactive ketones (excluding diaryl/α,β-unsaturated/α-hetero) is 1. The Morgan fingerprint density at radius 2 is 1.87 bits per heavy atom. The molecule has 0 heterocycles. The molecule has 0 aliphatic carbocycles. The Hall–Kier alpha value is -1.20. The van der Waals surface area contributed by atoms with Crippen molar-refractivity contribution in [1.29, 1.82) is 0 Å². The van der Waals surface area contributed by atoms with Gasteiger partial charge in [0.1, 0.15) is 5.78 Å². The average Bonchev–Trinajstić information content (AvgIpc) is 2.27. The van der Waals surface area contributed by atoms with E-state index in [1.807, 2.05) is 0 Å². The van der Waals surface area contributed by atoms with Gasteiger partial charge in [0.2, 0.25) is 10.0 Å². The maximum Gasteiger partial charge on any atom is 0.240 e. The molecule has 5 heteroatoms. The van der Waals surface area contributed by atoms with Crippen molar-refractivity contribution in [2.75, 3.05) is 6.54 Å². The van der Waals surface area contributed by atoms with Crippen LogP contribution in [0.25, 0.3) is 0 Å². The standard InChI is InChI=1S/C10H13NO3S/c1-2-9(12)8-11-15(13,14)10-6-4-3-5-7-10/h3-7,11H,2,8H2,1H3. The summed E-state index contributed by atoms with van der Waals surface area (Å²) in [6.07, 6.45) is 0.331. The van der Waals surface area contributed by atoms with Crippen molar-refractivity contribution in [3.8, 4) is 0 Å². The minimum atomic E-state index is -3.54. The van der Waals surface area contributed by atoms with Crippen molar-refractivity contribution in [2.45, 2.75) is 18.2 Å². The summed E-state index contributed by atoms with van der Waals surface area (Å²) in [5.74, 6) is -0.130. The average molecular weight is 227 g/mol. The fourth-order valence-corrected chi connectivity index (χ4v) is 2.02. The van der Waals surface area contributed by atoms with Crippen molar-refractivity contribution in [3.05, 3.63) is 30.3 Å². The Morgan fingerprint density at radius 1 is 1.27 bits per heavy atom. The van der Waals surface area contributed by atoms with Crippen molar-refractivity contribution >= 4 is 15.8 Å². The molecule has 15 heavy (non-hydrogen) atoms. The summed E-state index contributed by atoms with van der Waals surface area (Å²) in [7, 11) is -3.54. The second-order valence-electron chi connectivity index (χ2n) is 3.03. The van der Waals surface area contributed by atoms with E-state index in [-0.39, 0.29) is 17.2 Å². The van der Waals surface area contributed by atoms with Crippen LogP contribution in [0, 0.1) is 0 Å². The van der Waals surface area contributed by atoms with E-state index in [0.717, 1.165) is 0 Å². The largest absolute Gasteiger partial charge is 0.298 e. The molecule has 0 amide bonds. The predicted octanol–water partition coefficient (Wildman–Crippen LogP) is 0.944. The number of nitrogens with one attached hydrogen (secondary N) is 1. The first-order valence-electron chi connectivity index (χ1n) is 4.62. The molecular formula is C10H13NO3S. The maximum absolute atomic E-state index is 11.6. The zero-order chi connectivity index (χ0) is 11.3. The summed E-state index contributed by atoms with van der Waals surface area (Å²) < 4.78 is 25.4. The van der Waals surface area contributed by atoms with E-state index in [2.05, 4.69) is 4.72 Å². The normalized spacial score (nSPS) is 11.3. The fourth-order valence-electron chi connectivity index (χ4n) is 0.983. The summed E-state index contributed by atoms with van der Waals surface area (Å²) in [5, 5.41) is 0. The topological polar surface area (TPSA) is 63.2 Å². The predicted molar refractivity (Wildman–Crippen MR) is 56.9 cm³/mol. The Bertz CT molecular complexity index is 425. The van der Waals surface area contributed by atoms with Gasteiger partial charge in [-0.2, -0.15) is 0 Å². The van der Waals surface area contributed by atoms with Crippen LogP contribution in [-0.2, 0) is 14.8 Å². The van der Waals surface area contributed by atoms with Crippen molar-refractivity contribution in [2.24, 2.45) is 0 Å². The highest BCUT2D eigenvalue weighted by molar-refractivity contribution is 7.89. The van der Waals surface area contributed by atoms with E-state index in [4.69, 9.17) is 0 Å². The molecule has 0 saturated heterocycles. The zero-order valence-corrected chi connectivity index (χ0v) is 9.25. The van der Waals surface area contributed by atoms with Crippen molar-refractivity contribution in [1.82, 2.24) is 4.72 Å². The lowest BCUT2D eigenvalue weighted by molar-refractivity contribution is -0.117. The van der Waals surface area contributed by atoms with E-state index < -0.39 is 10.0 Å². The fraction of sp³-hybridized carbons (Fsp3) is 0.300. The van der Waals surface area contributed by atoms with Crippen LogP contribution in [0.3, 0.4) is 0 Å². The molecule has 0 saturated carbocycles. The van der Waals surface area contributed by atoms with E-state index in [1.54, 1.807) is 25.1 Å². The Kier molecular flexibility index (Phi) is 3.99. The molecule has 0 fully saturated rings. The number of ketones is 1. The minimum absolute atomic E-state index is 0.130. The highest BCUT2D eigenvalue weighted by Crippen LogP contribution is 2.06. The molecule has 82 valence electrons. The molecule has 0 aromatic heterocycles. The van der Waals surface area contributed by atoms with Gasteiger partial charge >= 0.3 is 0 Å². The first kappa shape index (κ1) is 11.9. The molecule has 0 radical (unpaired) electrons. The lowest BCUT2D eigenvalue weighted by atomic mass is 10.3. The van der Waals surface area contributed by atoms with Gasteiger partial charge in [0.05, 0.1) is 11.4 Å². The number of hydrogen-bond donors (Lipinski definition) is 1. The van der Waals surface area contributed by atoms with Crippen LogP contribution in [-0.4, -0.2) is 20.7 Å². The van der Waals surface area contributed by atoms with Gasteiger partial charge in [-0.1, -0.05) is 25.1 Å². The first-order valence-corrected chi connectivity index (χ1v) is 6.11. The van der Waals surface area contributed by atoms with Crippen LogP contribution in [0.2, 0.25) is 0 Å². The van der Waals surface area contributed by atoms with Gasteiger partial charge in [0.15, 0.2) is 0 Å². The smallest absolute Gasteiger partial charge is 0.240 e. The van der Waals surface area contributed by atoms with Gasteiger partial charge in [-0.05, 0) is 12.1 Å². The van der Waals surface area contributed by atoms with E-state index >= 15 is 0 Å². The second kappa shape index (κ2) is 5.04. The van der Waals surface area contributed by atoms with Crippen LogP contribution < -0.4 is 4.72 Å². The molecule has 1 aromatic rings. The summed E-state index contributed by atoms with van der Waals surface area (Å²) in [6, 6.07) is 7.97. The van der Waals surface area contributed by atoms with Gasteiger partial charge in [-0.15, -0.1) is 0 Å². The summed E-state index contributed by atoms with van der Waals surface area (Å²) in [6.45, 7) is 1.55. The van der Waals surface area contributed by atoms with E-state index in [9.17, 15) is 13.2 Å². The molecule has 1 aromatic carbocycles. The van der Waals surface area contributed by atoms with Crippen LogP contribution in [0.4, 0.5) is 0 Å². The van der Waals surface area contributed by atoms with Crippen LogP contribution >= 0.6 is 0 Å². The second-order valence-corrected chi connectivity index (χ2v) is 4.80. The van der Waals surface area contributed by atoms with E-state index in [1.165, 1.54) is 12.1 Å². The molecule has 1 rings (SSSR count). The molecule has 4 nitrogen and oxygen atoms in total. The number of sulfonamides is 1. The molecule has 0 aliphatic rings. The third-order valence-electron chi connectivity index (χ3n) is 1.91. The molecule has 0 unspecified atom stereocenters. The highest BCUT2D eigenvalue weighted by Gasteiger charge is 2.13. The quantitative estimate of drug-likeness (QED) is 0.814. The lowest BCUT2D eigenvalue weighted by Gasteiger charge is -2.04. The third-order valence-corrected chi connectivity index (χ3v) is 3.32. The number of carbonyl (C=O) groups is 1. The van der Waals surface area contributed by atoms with Gasteiger partial charge in [0.25, 0.3) is 0 Å². The lowest BCUT2D eigenvalue weighted by Crippen LogP contribution is -2.29. The Labute approximate surface area is 89.4 Å². The van der Waals surface area contributed by atoms with E-state index in [0.29, 0.717) is 6.42 Å². The summed E-state index contributed by atoms with van der Waals surface area (Å²) >= 11 is 0. The summed E-state index contributed by atoms with van der Waals surface area (Å²) in [5.41, 5.74) is 0. The highest BCUT2D eigenvalue weighted by atomic mass is 32.2. The maximum atomic E-state index is 11.6. The monoisotopic (exact) mass is 227 g/mol. The number of carbonyl (C=O) groups excluding carboxylic acids is 1. The number of rotatable bonds is 5. The third kappa shape index (κ3) is 3.45. The summed E-state index contributed by atoms with van der Waals surface area (Å²) in [4.78, 5) is 11.1.